The van der Waals surface area contributed by atoms with Crippen LogP contribution in [-0.4, -0.2) is 96.5 Å². The van der Waals surface area contributed by atoms with E-state index in [0.717, 1.165) is 0 Å². The van der Waals surface area contributed by atoms with Crippen LogP contribution in [0.4, 0.5) is 0 Å². The Balaban J connectivity index is 1.98. The SMILES string of the molecule is CC(C)(O)[C@@H]1CC[C@@]2(C)[C@H](O)CC[C@](C)(O)[C@@H]2[C@@H]1O[C@@H]1O[C@H](CO)[C@@H](O)[C@H](O)[C@H]1O. The van der Waals surface area contributed by atoms with Crippen LogP contribution in [-0.2, 0) is 9.47 Å². The lowest BCUT2D eigenvalue weighted by Gasteiger charge is -2.61. The summed E-state index contributed by atoms with van der Waals surface area (Å²) < 4.78 is 11.7. The van der Waals surface area contributed by atoms with Crippen molar-refractivity contribution in [3.8, 4) is 0 Å². The lowest BCUT2D eigenvalue weighted by atomic mass is 9.50. The van der Waals surface area contributed by atoms with E-state index in [1.807, 2.05) is 6.92 Å². The van der Waals surface area contributed by atoms with Crippen molar-refractivity contribution in [3.63, 3.8) is 0 Å². The largest absolute Gasteiger partial charge is 0.394 e. The zero-order valence-corrected chi connectivity index (χ0v) is 18.2. The Morgan fingerprint density at radius 1 is 1.00 bits per heavy atom. The molecule has 9 heteroatoms. The molecular weight excluding hydrogens is 396 g/mol. The van der Waals surface area contributed by atoms with Gasteiger partial charge in [0.2, 0.25) is 0 Å². The van der Waals surface area contributed by atoms with Gasteiger partial charge in [-0.1, -0.05) is 6.92 Å². The molecule has 0 unspecified atom stereocenters. The zero-order valence-electron chi connectivity index (χ0n) is 18.2. The van der Waals surface area contributed by atoms with Crippen molar-refractivity contribution in [3.05, 3.63) is 0 Å². The van der Waals surface area contributed by atoms with Crippen molar-refractivity contribution in [2.45, 2.75) is 107 Å². The maximum Gasteiger partial charge on any atom is 0.186 e. The fourth-order valence-corrected chi connectivity index (χ4v) is 6.01. The Morgan fingerprint density at radius 3 is 2.20 bits per heavy atom. The summed E-state index contributed by atoms with van der Waals surface area (Å²) in [6, 6.07) is 0. The van der Waals surface area contributed by atoms with Gasteiger partial charge in [-0.25, -0.2) is 0 Å². The van der Waals surface area contributed by atoms with E-state index in [2.05, 4.69) is 0 Å². The molecule has 9 nitrogen and oxygen atoms in total. The second-order valence-corrected chi connectivity index (χ2v) is 10.5. The average Bonchev–Trinajstić information content (AvgIpc) is 2.64. The fraction of sp³-hybridized carbons (Fsp3) is 1.00. The topological polar surface area (TPSA) is 160 Å². The molecule has 3 fully saturated rings. The molecular formula is C21H38O9. The normalized spacial score (nSPS) is 52.7. The van der Waals surface area contributed by atoms with Gasteiger partial charge in [0, 0.05) is 17.3 Å². The summed E-state index contributed by atoms with van der Waals surface area (Å²) in [5, 5.41) is 73.1. The van der Waals surface area contributed by atoms with Crippen LogP contribution >= 0.6 is 0 Å². The summed E-state index contributed by atoms with van der Waals surface area (Å²) in [7, 11) is 0. The fourth-order valence-electron chi connectivity index (χ4n) is 6.01. The number of ether oxygens (including phenoxy) is 2. The number of fused-ring (bicyclic) bond motifs is 1. The van der Waals surface area contributed by atoms with Gasteiger partial charge in [0.25, 0.3) is 0 Å². The van der Waals surface area contributed by atoms with Gasteiger partial charge in [0.1, 0.15) is 24.4 Å². The summed E-state index contributed by atoms with van der Waals surface area (Å²) in [5.41, 5.74) is -3.06. The number of hydrogen-bond donors (Lipinski definition) is 7. The van der Waals surface area contributed by atoms with Crippen molar-refractivity contribution in [2.75, 3.05) is 6.61 Å². The van der Waals surface area contributed by atoms with Crippen LogP contribution in [0.3, 0.4) is 0 Å². The van der Waals surface area contributed by atoms with Crippen LogP contribution in [0, 0.1) is 17.3 Å². The molecule has 0 aromatic rings. The third-order valence-corrected chi connectivity index (χ3v) is 7.83. The average molecular weight is 435 g/mol. The Labute approximate surface area is 177 Å². The Kier molecular flexibility index (Phi) is 6.64. The van der Waals surface area contributed by atoms with Crippen molar-refractivity contribution in [1.29, 1.82) is 0 Å². The Bertz CT molecular complexity index is 604. The number of rotatable bonds is 4. The van der Waals surface area contributed by atoms with Crippen molar-refractivity contribution < 1.29 is 45.2 Å². The molecule has 176 valence electrons. The molecule has 3 aliphatic rings. The summed E-state index contributed by atoms with van der Waals surface area (Å²) in [5.74, 6) is -1.02. The molecule has 2 aliphatic carbocycles. The standard InChI is InChI=1S/C21H38O9/c1-19(2,27)10-5-7-20(3)12(23)6-8-21(4,28)17(20)16(10)30-18-15(26)14(25)13(24)11(9-22)29-18/h10-18,22-28H,5-9H2,1-4H3/t10-,11-,12-,13-,14+,15-,16-,17-,18+,20+,21+/m1/s1. The molecule has 3 rings (SSSR count). The quantitative estimate of drug-likeness (QED) is 0.291. The monoisotopic (exact) mass is 434 g/mol. The van der Waals surface area contributed by atoms with E-state index < -0.39 is 78.0 Å². The highest BCUT2D eigenvalue weighted by atomic mass is 16.7. The smallest absolute Gasteiger partial charge is 0.186 e. The highest BCUT2D eigenvalue weighted by Crippen LogP contribution is 2.58. The highest BCUT2D eigenvalue weighted by Gasteiger charge is 2.62. The molecule has 0 amide bonds. The van der Waals surface area contributed by atoms with Gasteiger partial charge in [-0.3, -0.25) is 0 Å². The minimum atomic E-state index is -1.59. The Morgan fingerprint density at radius 2 is 1.63 bits per heavy atom. The van der Waals surface area contributed by atoms with Crippen molar-refractivity contribution in [1.82, 2.24) is 0 Å². The summed E-state index contributed by atoms with van der Waals surface area (Å²) in [6.07, 6.45) is -6.77. The predicted octanol–water partition coefficient (Wildman–Crippen LogP) is -1.12. The zero-order chi connectivity index (χ0) is 22.6. The molecule has 0 aromatic heterocycles. The van der Waals surface area contributed by atoms with Gasteiger partial charge in [-0.15, -0.1) is 0 Å². The number of aliphatic hydroxyl groups is 7. The van der Waals surface area contributed by atoms with E-state index in [1.165, 1.54) is 0 Å². The van der Waals surface area contributed by atoms with E-state index in [1.54, 1.807) is 20.8 Å². The minimum absolute atomic E-state index is 0.349. The van der Waals surface area contributed by atoms with E-state index >= 15 is 0 Å². The first-order valence-electron chi connectivity index (χ1n) is 10.8. The molecule has 0 radical (unpaired) electrons. The summed E-state index contributed by atoms with van der Waals surface area (Å²) >= 11 is 0. The molecule has 1 heterocycles. The predicted molar refractivity (Wildman–Crippen MR) is 105 cm³/mol. The molecule has 1 saturated heterocycles. The van der Waals surface area contributed by atoms with Crippen LogP contribution in [0.15, 0.2) is 0 Å². The van der Waals surface area contributed by atoms with Gasteiger partial charge >= 0.3 is 0 Å². The molecule has 0 bridgehead atoms. The van der Waals surface area contributed by atoms with Crippen molar-refractivity contribution in [2.24, 2.45) is 17.3 Å². The maximum absolute atomic E-state index is 11.3. The van der Waals surface area contributed by atoms with E-state index in [-0.39, 0.29) is 0 Å². The highest BCUT2D eigenvalue weighted by molar-refractivity contribution is 5.11. The summed E-state index contributed by atoms with van der Waals surface area (Å²) in [6.45, 7) is 6.32. The molecule has 11 atom stereocenters. The number of hydrogen-bond acceptors (Lipinski definition) is 9. The van der Waals surface area contributed by atoms with E-state index in [0.29, 0.717) is 25.7 Å². The van der Waals surface area contributed by atoms with Gasteiger partial charge in [0.05, 0.1) is 30.0 Å². The third kappa shape index (κ3) is 4.04. The third-order valence-electron chi connectivity index (χ3n) is 7.83. The molecule has 1 aliphatic heterocycles. The molecule has 0 aromatic carbocycles. The van der Waals surface area contributed by atoms with Gasteiger partial charge in [-0.05, 0) is 46.5 Å². The van der Waals surface area contributed by atoms with Gasteiger partial charge < -0.3 is 45.2 Å². The first-order valence-corrected chi connectivity index (χ1v) is 10.8. The van der Waals surface area contributed by atoms with E-state index in [9.17, 15) is 35.7 Å². The second kappa shape index (κ2) is 8.20. The second-order valence-electron chi connectivity index (χ2n) is 10.5. The van der Waals surface area contributed by atoms with Gasteiger partial charge in [-0.2, -0.15) is 0 Å². The lowest BCUT2D eigenvalue weighted by Crippen LogP contribution is -2.67. The first kappa shape index (κ1) is 24.3. The molecule has 30 heavy (non-hydrogen) atoms. The van der Waals surface area contributed by atoms with Crippen LogP contribution in [0.2, 0.25) is 0 Å². The molecule has 2 saturated carbocycles. The van der Waals surface area contributed by atoms with Crippen LogP contribution in [0.1, 0.15) is 53.4 Å². The van der Waals surface area contributed by atoms with E-state index in [4.69, 9.17) is 9.47 Å². The molecule has 0 spiro atoms. The van der Waals surface area contributed by atoms with Crippen LogP contribution in [0.25, 0.3) is 0 Å². The maximum atomic E-state index is 11.3. The van der Waals surface area contributed by atoms with Crippen LogP contribution < -0.4 is 0 Å². The van der Waals surface area contributed by atoms with Gasteiger partial charge in [0.15, 0.2) is 6.29 Å². The minimum Gasteiger partial charge on any atom is -0.394 e. The van der Waals surface area contributed by atoms with Crippen molar-refractivity contribution >= 4 is 0 Å². The first-order chi connectivity index (χ1) is 13.7. The summed E-state index contributed by atoms with van der Waals surface area (Å²) in [4.78, 5) is 0. The number of aliphatic hydroxyl groups excluding tert-OH is 5. The van der Waals surface area contributed by atoms with Crippen LogP contribution in [0.5, 0.6) is 0 Å². The molecule has 7 N–H and O–H groups in total. The Hall–Kier alpha value is -0.360. The lowest BCUT2D eigenvalue weighted by molar-refractivity contribution is -0.342.